The van der Waals surface area contributed by atoms with Gasteiger partial charge >= 0.3 is 0 Å². The van der Waals surface area contributed by atoms with Gasteiger partial charge in [-0.25, -0.2) is 4.98 Å². The summed E-state index contributed by atoms with van der Waals surface area (Å²) in [5.74, 6) is 0.877. The number of hydrogen-bond acceptors (Lipinski definition) is 5. The molecule has 0 fully saturated rings. The van der Waals surface area contributed by atoms with Gasteiger partial charge in [0, 0.05) is 32.9 Å². The van der Waals surface area contributed by atoms with Crippen LogP contribution in [0.2, 0.25) is 0 Å². The summed E-state index contributed by atoms with van der Waals surface area (Å²) in [6.45, 7) is 9.97. The predicted molar refractivity (Wildman–Crippen MR) is 129 cm³/mol. The van der Waals surface area contributed by atoms with E-state index in [9.17, 15) is 4.79 Å². The summed E-state index contributed by atoms with van der Waals surface area (Å²) in [5.41, 5.74) is 10.5. The number of aryl methyl sites for hydroxylation is 2. The van der Waals surface area contributed by atoms with E-state index in [0.717, 1.165) is 36.5 Å². The average Bonchev–Trinajstić information content (AvgIpc) is 3.07. The maximum atomic E-state index is 13.3. The number of nitrogens with zero attached hydrogens (tertiary/aromatic N) is 5. The summed E-state index contributed by atoms with van der Waals surface area (Å²) in [7, 11) is 4.11. The van der Waals surface area contributed by atoms with Crippen LogP contribution in [0.3, 0.4) is 0 Å². The van der Waals surface area contributed by atoms with Gasteiger partial charge in [-0.1, -0.05) is 18.7 Å². The Morgan fingerprint density at radius 3 is 2.91 bits per heavy atom. The second kappa shape index (κ2) is 10.7. The van der Waals surface area contributed by atoms with Gasteiger partial charge in [-0.3, -0.25) is 14.7 Å². The number of imidazole rings is 1. The summed E-state index contributed by atoms with van der Waals surface area (Å²) in [6.07, 6.45) is 8.65. The van der Waals surface area contributed by atoms with Crippen molar-refractivity contribution in [1.82, 2.24) is 24.3 Å². The first-order valence-corrected chi connectivity index (χ1v) is 11.4. The number of allylic oxidation sites excluding steroid dienone is 2. The first-order chi connectivity index (χ1) is 15.4. The van der Waals surface area contributed by atoms with Crippen molar-refractivity contribution in [3.63, 3.8) is 0 Å². The van der Waals surface area contributed by atoms with Crippen molar-refractivity contribution in [1.29, 1.82) is 0 Å². The molecule has 0 saturated carbocycles. The van der Waals surface area contributed by atoms with Crippen molar-refractivity contribution in [3.05, 3.63) is 65.5 Å². The molecule has 1 unspecified atom stereocenters. The molecule has 2 aromatic heterocycles. The van der Waals surface area contributed by atoms with Crippen LogP contribution in [0.1, 0.15) is 54.3 Å². The van der Waals surface area contributed by atoms with E-state index < -0.39 is 0 Å². The van der Waals surface area contributed by atoms with Crippen LogP contribution in [-0.4, -0.2) is 56.9 Å². The van der Waals surface area contributed by atoms with Crippen LogP contribution >= 0.6 is 0 Å². The van der Waals surface area contributed by atoms with Crippen molar-refractivity contribution in [2.24, 2.45) is 12.8 Å². The zero-order chi connectivity index (χ0) is 23.3. The summed E-state index contributed by atoms with van der Waals surface area (Å²) >= 11 is 0. The molecule has 3 rings (SSSR count). The minimum atomic E-state index is -0.0470. The van der Waals surface area contributed by atoms with Crippen molar-refractivity contribution >= 4 is 11.5 Å². The fourth-order valence-electron chi connectivity index (χ4n) is 4.66. The highest BCUT2D eigenvalue weighted by Crippen LogP contribution is 2.33. The first-order valence-electron chi connectivity index (χ1n) is 11.4. The van der Waals surface area contributed by atoms with Crippen LogP contribution in [0.5, 0.6) is 0 Å². The van der Waals surface area contributed by atoms with E-state index in [1.165, 1.54) is 11.3 Å². The Morgan fingerprint density at radius 2 is 2.22 bits per heavy atom. The normalized spacial score (nSPS) is 16.2. The largest absolute Gasteiger partial charge is 0.338 e. The van der Waals surface area contributed by atoms with E-state index in [0.29, 0.717) is 31.8 Å². The molecule has 0 spiro atoms. The van der Waals surface area contributed by atoms with Gasteiger partial charge in [-0.05, 0) is 57.9 Å². The van der Waals surface area contributed by atoms with Crippen molar-refractivity contribution in [2.75, 3.05) is 26.7 Å². The molecule has 7 nitrogen and oxygen atoms in total. The maximum absolute atomic E-state index is 13.3. The SMILES string of the molecule is C=C/C=C(/C(=O)N(CC)CCN)c1c(C)nc(CN(C)C2CCCc3cccnc32)n1C. The zero-order valence-corrected chi connectivity index (χ0v) is 19.8. The predicted octanol–water partition coefficient (Wildman–Crippen LogP) is 3.01. The number of carbonyl (C=O) groups is 1. The topological polar surface area (TPSA) is 80.3 Å². The number of amides is 1. The van der Waals surface area contributed by atoms with Crippen LogP contribution in [0.4, 0.5) is 0 Å². The third-order valence-electron chi connectivity index (χ3n) is 6.29. The fraction of sp³-hybridized carbons (Fsp3) is 0.480. The molecule has 7 heteroatoms. The van der Waals surface area contributed by atoms with E-state index >= 15 is 0 Å². The van der Waals surface area contributed by atoms with E-state index in [4.69, 9.17) is 10.7 Å². The second-order valence-electron chi connectivity index (χ2n) is 8.38. The molecule has 2 N–H and O–H groups in total. The molecule has 0 aromatic carbocycles. The Labute approximate surface area is 191 Å². The van der Waals surface area contributed by atoms with E-state index in [1.54, 1.807) is 17.1 Å². The number of pyridine rings is 1. The number of hydrogen-bond donors (Lipinski definition) is 1. The average molecular weight is 437 g/mol. The second-order valence-corrected chi connectivity index (χ2v) is 8.38. The quantitative estimate of drug-likeness (QED) is 0.483. The minimum Gasteiger partial charge on any atom is -0.338 e. The first kappa shape index (κ1) is 23.9. The smallest absolute Gasteiger partial charge is 0.256 e. The Hall–Kier alpha value is -2.77. The summed E-state index contributed by atoms with van der Waals surface area (Å²) in [6, 6.07) is 4.47. The molecular formula is C25H36N6O. The monoisotopic (exact) mass is 436 g/mol. The van der Waals surface area contributed by atoms with Crippen LogP contribution < -0.4 is 5.73 Å². The standard InChI is InChI=1S/C25H36N6O/c1-6-10-20(25(32)31(7-2)16-14-26)24-18(3)28-22(30(24)5)17-29(4)21-13-8-11-19-12-9-15-27-23(19)21/h6,9-10,12,15,21H,1,7-8,11,13-14,16-17,26H2,2-5H3/b20-10+. The molecule has 0 aliphatic heterocycles. The number of fused-ring (bicyclic) bond motifs is 1. The molecule has 1 amide bonds. The van der Waals surface area contributed by atoms with Crippen molar-refractivity contribution < 1.29 is 4.79 Å². The fourth-order valence-corrected chi connectivity index (χ4v) is 4.66. The molecular weight excluding hydrogens is 400 g/mol. The van der Waals surface area contributed by atoms with Crippen LogP contribution in [0.15, 0.2) is 37.1 Å². The Kier molecular flexibility index (Phi) is 7.99. The van der Waals surface area contributed by atoms with E-state index in [2.05, 4.69) is 29.6 Å². The van der Waals surface area contributed by atoms with Gasteiger partial charge in [0.25, 0.3) is 5.91 Å². The lowest BCUT2D eigenvalue weighted by atomic mass is 9.91. The van der Waals surface area contributed by atoms with Gasteiger partial charge in [0.2, 0.25) is 0 Å². The Balaban J connectivity index is 1.89. The summed E-state index contributed by atoms with van der Waals surface area (Å²) in [4.78, 5) is 26.9. The Morgan fingerprint density at radius 1 is 1.44 bits per heavy atom. The molecule has 1 aliphatic carbocycles. The number of aromatic nitrogens is 3. The molecule has 2 heterocycles. The lowest BCUT2D eigenvalue weighted by Crippen LogP contribution is -2.36. The third-order valence-corrected chi connectivity index (χ3v) is 6.29. The number of rotatable bonds is 9. The third kappa shape index (κ3) is 4.84. The molecule has 1 atom stereocenters. The van der Waals surface area contributed by atoms with Crippen molar-refractivity contribution in [2.45, 2.75) is 45.7 Å². The van der Waals surface area contributed by atoms with E-state index in [-0.39, 0.29) is 11.9 Å². The van der Waals surface area contributed by atoms with Gasteiger partial charge in [0.1, 0.15) is 5.82 Å². The molecule has 0 radical (unpaired) electrons. The summed E-state index contributed by atoms with van der Waals surface area (Å²) in [5, 5.41) is 0. The molecule has 172 valence electrons. The summed E-state index contributed by atoms with van der Waals surface area (Å²) < 4.78 is 2.04. The van der Waals surface area contributed by atoms with Crippen molar-refractivity contribution in [3.8, 4) is 0 Å². The molecule has 0 bridgehead atoms. The lowest BCUT2D eigenvalue weighted by molar-refractivity contribution is -0.124. The van der Waals surface area contributed by atoms with Gasteiger partial charge in [0.05, 0.1) is 35.2 Å². The van der Waals surface area contributed by atoms with E-state index in [1.807, 2.05) is 37.7 Å². The number of likely N-dealkylation sites (N-methyl/N-ethyl adjacent to an activating group) is 1. The van der Waals surface area contributed by atoms with Gasteiger partial charge in [-0.2, -0.15) is 0 Å². The molecule has 2 aromatic rings. The molecule has 0 saturated heterocycles. The van der Waals surface area contributed by atoms with Gasteiger partial charge in [0.15, 0.2) is 0 Å². The number of carbonyl (C=O) groups excluding carboxylic acids is 1. The van der Waals surface area contributed by atoms with Gasteiger partial charge in [-0.15, -0.1) is 0 Å². The van der Waals surface area contributed by atoms with Gasteiger partial charge < -0.3 is 15.2 Å². The van der Waals surface area contributed by atoms with Crippen LogP contribution in [-0.2, 0) is 24.8 Å². The highest BCUT2D eigenvalue weighted by atomic mass is 16.2. The number of nitrogens with two attached hydrogens (primary N) is 1. The molecule has 32 heavy (non-hydrogen) atoms. The lowest BCUT2D eigenvalue weighted by Gasteiger charge is -2.32. The highest BCUT2D eigenvalue weighted by Gasteiger charge is 2.28. The zero-order valence-electron chi connectivity index (χ0n) is 19.8. The van der Waals surface area contributed by atoms with Crippen LogP contribution in [0, 0.1) is 6.92 Å². The molecule has 1 aliphatic rings. The minimum absolute atomic E-state index is 0.0470. The Bertz CT molecular complexity index is 992. The highest BCUT2D eigenvalue weighted by molar-refractivity contribution is 6.19. The maximum Gasteiger partial charge on any atom is 0.256 e. The van der Waals surface area contributed by atoms with Crippen LogP contribution in [0.25, 0.3) is 5.57 Å².